The molecule has 2 nitrogen and oxygen atoms in total. The predicted molar refractivity (Wildman–Crippen MR) is 62.8 cm³/mol. The van der Waals surface area contributed by atoms with E-state index >= 15 is 0 Å². The van der Waals surface area contributed by atoms with Crippen molar-refractivity contribution in [2.24, 2.45) is 11.8 Å². The molecule has 1 saturated heterocycles. The van der Waals surface area contributed by atoms with E-state index in [1.54, 1.807) is 0 Å². The zero-order valence-electron chi connectivity index (χ0n) is 9.99. The van der Waals surface area contributed by atoms with Gasteiger partial charge in [0.2, 0.25) is 0 Å². The van der Waals surface area contributed by atoms with Crippen LogP contribution in [-0.4, -0.2) is 35.7 Å². The van der Waals surface area contributed by atoms with Gasteiger partial charge in [0.15, 0.2) is 0 Å². The third-order valence-electron chi connectivity index (χ3n) is 4.33. The first-order valence-corrected chi connectivity index (χ1v) is 6.64. The monoisotopic (exact) mass is 211 g/mol. The molecule has 2 heteroatoms. The van der Waals surface area contributed by atoms with E-state index in [1.807, 2.05) is 0 Å². The summed E-state index contributed by atoms with van der Waals surface area (Å²) in [5.41, 5.74) is 0. The van der Waals surface area contributed by atoms with Crippen LogP contribution < -0.4 is 0 Å². The first-order chi connectivity index (χ1) is 7.29. The molecule has 1 heterocycles. The van der Waals surface area contributed by atoms with Crippen LogP contribution in [0, 0.1) is 11.8 Å². The molecule has 2 rings (SSSR count). The topological polar surface area (TPSA) is 23.5 Å². The zero-order chi connectivity index (χ0) is 10.7. The number of rotatable bonds is 3. The molecule has 0 bridgehead atoms. The quantitative estimate of drug-likeness (QED) is 0.774. The van der Waals surface area contributed by atoms with Crippen LogP contribution >= 0.6 is 0 Å². The highest BCUT2D eigenvalue weighted by atomic mass is 16.3. The molecule has 0 aromatic carbocycles. The zero-order valence-corrected chi connectivity index (χ0v) is 9.99. The van der Waals surface area contributed by atoms with Gasteiger partial charge in [-0.3, -0.25) is 0 Å². The van der Waals surface area contributed by atoms with Gasteiger partial charge in [0.25, 0.3) is 0 Å². The fourth-order valence-corrected chi connectivity index (χ4v) is 3.19. The summed E-state index contributed by atoms with van der Waals surface area (Å²) in [4.78, 5) is 2.63. The van der Waals surface area contributed by atoms with Gasteiger partial charge in [-0.1, -0.05) is 12.8 Å². The lowest BCUT2D eigenvalue weighted by atomic mass is 9.93. The molecule has 1 aliphatic carbocycles. The molecule has 1 aliphatic heterocycles. The third kappa shape index (κ3) is 2.94. The lowest BCUT2D eigenvalue weighted by molar-refractivity contribution is 0.0706. The summed E-state index contributed by atoms with van der Waals surface area (Å²) in [6.45, 7) is 5.16. The molecule has 0 aromatic heterocycles. The van der Waals surface area contributed by atoms with Crippen LogP contribution in [0.1, 0.15) is 45.4 Å². The molecule has 0 aromatic rings. The van der Waals surface area contributed by atoms with Gasteiger partial charge in [-0.05, 0) is 44.4 Å². The van der Waals surface area contributed by atoms with Gasteiger partial charge >= 0.3 is 0 Å². The smallest absolute Gasteiger partial charge is 0.0471 e. The predicted octanol–water partition coefficient (Wildman–Crippen LogP) is 2.27. The van der Waals surface area contributed by atoms with E-state index in [4.69, 9.17) is 0 Å². The Morgan fingerprint density at radius 2 is 1.80 bits per heavy atom. The van der Waals surface area contributed by atoms with E-state index < -0.39 is 0 Å². The fourth-order valence-electron chi connectivity index (χ4n) is 3.19. The van der Waals surface area contributed by atoms with Gasteiger partial charge in [0.1, 0.15) is 0 Å². The molecule has 88 valence electrons. The molecule has 2 atom stereocenters. The van der Waals surface area contributed by atoms with Gasteiger partial charge in [-0.25, -0.2) is 0 Å². The first kappa shape index (κ1) is 11.4. The number of hydrogen-bond acceptors (Lipinski definition) is 2. The summed E-state index contributed by atoms with van der Waals surface area (Å²) >= 11 is 0. The normalized spacial score (nSPS) is 34.8. The van der Waals surface area contributed by atoms with Crippen molar-refractivity contribution in [2.75, 3.05) is 19.7 Å². The molecule has 0 amide bonds. The minimum Gasteiger partial charge on any atom is -0.396 e. The SMILES string of the molecule is CC1CCC(CO)CN1CC1CCCC1. The number of aliphatic hydroxyl groups excluding tert-OH is 1. The number of nitrogens with zero attached hydrogens (tertiary/aromatic N) is 1. The van der Waals surface area contributed by atoms with Crippen LogP contribution in [0.2, 0.25) is 0 Å². The highest BCUT2D eigenvalue weighted by Crippen LogP contribution is 2.29. The molecule has 0 radical (unpaired) electrons. The standard InChI is InChI=1S/C13H25NO/c1-11-6-7-13(10-15)9-14(11)8-12-4-2-3-5-12/h11-13,15H,2-10H2,1H3. The second-order valence-electron chi connectivity index (χ2n) is 5.58. The molecule has 0 spiro atoms. The van der Waals surface area contributed by atoms with Crippen molar-refractivity contribution in [2.45, 2.75) is 51.5 Å². The van der Waals surface area contributed by atoms with Crippen LogP contribution in [-0.2, 0) is 0 Å². The second-order valence-corrected chi connectivity index (χ2v) is 5.58. The van der Waals surface area contributed by atoms with Crippen LogP contribution in [0.15, 0.2) is 0 Å². The summed E-state index contributed by atoms with van der Waals surface area (Å²) in [6, 6.07) is 0.744. The highest BCUT2D eigenvalue weighted by Gasteiger charge is 2.27. The van der Waals surface area contributed by atoms with Gasteiger partial charge in [-0.15, -0.1) is 0 Å². The Kier molecular flexibility index (Phi) is 4.04. The molecule has 15 heavy (non-hydrogen) atoms. The van der Waals surface area contributed by atoms with E-state index in [9.17, 15) is 5.11 Å². The fraction of sp³-hybridized carbons (Fsp3) is 1.00. The summed E-state index contributed by atoms with van der Waals surface area (Å²) in [7, 11) is 0. The lowest BCUT2D eigenvalue weighted by Crippen LogP contribution is -2.44. The minimum atomic E-state index is 0.383. The van der Waals surface area contributed by atoms with Crippen LogP contribution in [0.4, 0.5) is 0 Å². The van der Waals surface area contributed by atoms with E-state index in [-0.39, 0.29) is 0 Å². The highest BCUT2D eigenvalue weighted by molar-refractivity contribution is 4.81. The number of hydrogen-bond donors (Lipinski definition) is 1. The maximum atomic E-state index is 9.23. The summed E-state index contributed by atoms with van der Waals surface area (Å²) in [5, 5.41) is 9.23. The van der Waals surface area contributed by atoms with Crippen molar-refractivity contribution in [3.63, 3.8) is 0 Å². The molecule has 2 fully saturated rings. The van der Waals surface area contributed by atoms with Gasteiger partial charge in [0, 0.05) is 25.7 Å². The third-order valence-corrected chi connectivity index (χ3v) is 4.33. The Morgan fingerprint density at radius 3 is 2.47 bits per heavy atom. The minimum absolute atomic E-state index is 0.383. The van der Waals surface area contributed by atoms with Crippen LogP contribution in [0.3, 0.4) is 0 Å². The Morgan fingerprint density at radius 1 is 1.07 bits per heavy atom. The Bertz CT molecular complexity index is 189. The average molecular weight is 211 g/mol. The van der Waals surface area contributed by atoms with E-state index in [1.165, 1.54) is 45.1 Å². The van der Waals surface area contributed by atoms with Gasteiger partial charge in [0.05, 0.1) is 0 Å². The largest absolute Gasteiger partial charge is 0.396 e. The van der Waals surface area contributed by atoms with Crippen molar-refractivity contribution in [3.8, 4) is 0 Å². The Hall–Kier alpha value is -0.0800. The van der Waals surface area contributed by atoms with Crippen LogP contribution in [0.25, 0.3) is 0 Å². The molecule has 2 aliphatic rings. The molecule has 2 unspecified atom stereocenters. The van der Waals surface area contributed by atoms with Crippen molar-refractivity contribution >= 4 is 0 Å². The van der Waals surface area contributed by atoms with E-state index in [0.717, 1.165) is 18.5 Å². The number of aliphatic hydroxyl groups is 1. The van der Waals surface area contributed by atoms with Crippen molar-refractivity contribution in [3.05, 3.63) is 0 Å². The van der Waals surface area contributed by atoms with E-state index in [0.29, 0.717) is 12.5 Å². The Labute approximate surface area is 93.7 Å². The number of piperidine rings is 1. The van der Waals surface area contributed by atoms with Crippen molar-refractivity contribution in [1.29, 1.82) is 0 Å². The maximum absolute atomic E-state index is 9.23. The molecule has 1 saturated carbocycles. The van der Waals surface area contributed by atoms with Gasteiger partial charge < -0.3 is 10.0 Å². The lowest BCUT2D eigenvalue weighted by Gasteiger charge is -2.38. The van der Waals surface area contributed by atoms with E-state index in [2.05, 4.69) is 11.8 Å². The summed E-state index contributed by atoms with van der Waals surface area (Å²) in [5.74, 6) is 1.49. The first-order valence-electron chi connectivity index (χ1n) is 6.64. The summed E-state index contributed by atoms with van der Waals surface area (Å²) < 4.78 is 0. The maximum Gasteiger partial charge on any atom is 0.0471 e. The Balaban J connectivity index is 1.82. The number of likely N-dealkylation sites (tertiary alicyclic amines) is 1. The molecular formula is C13H25NO. The van der Waals surface area contributed by atoms with Crippen molar-refractivity contribution < 1.29 is 5.11 Å². The molecular weight excluding hydrogens is 186 g/mol. The molecule has 1 N–H and O–H groups in total. The average Bonchev–Trinajstić information content (AvgIpc) is 2.74. The van der Waals surface area contributed by atoms with Crippen molar-refractivity contribution in [1.82, 2.24) is 4.90 Å². The summed E-state index contributed by atoms with van der Waals surface area (Å²) in [6.07, 6.45) is 8.25. The van der Waals surface area contributed by atoms with Crippen LogP contribution in [0.5, 0.6) is 0 Å². The van der Waals surface area contributed by atoms with Gasteiger partial charge in [-0.2, -0.15) is 0 Å². The second kappa shape index (κ2) is 5.31.